The molecule has 2 amide bonds. The molecule has 0 saturated carbocycles. The molecule has 0 bridgehead atoms. The highest BCUT2D eigenvalue weighted by molar-refractivity contribution is 7.92. The molecular formula is C24H21N3O7S. The van der Waals surface area contributed by atoms with Crippen molar-refractivity contribution in [3.63, 3.8) is 0 Å². The first-order valence-corrected chi connectivity index (χ1v) is 11.8. The number of amides is 2. The van der Waals surface area contributed by atoms with Crippen molar-refractivity contribution in [2.24, 2.45) is 0 Å². The Morgan fingerprint density at radius 1 is 0.943 bits per heavy atom. The van der Waals surface area contributed by atoms with E-state index in [-0.39, 0.29) is 17.3 Å². The smallest absolute Gasteiger partial charge is 0.269 e. The topological polar surface area (TPSA) is 132 Å². The van der Waals surface area contributed by atoms with Gasteiger partial charge in [0.1, 0.15) is 5.75 Å². The molecule has 0 aromatic heterocycles. The van der Waals surface area contributed by atoms with Gasteiger partial charge in [-0.3, -0.25) is 25.2 Å². The summed E-state index contributed by atoms with van der Waals surface area (Å²) in [6.07, 6.45) is 2.68. The van der Waals surface area contributed by atoms with Gasteiger partial charge in [-0.2, -0.15) is 0 Å². The van der Waals surface area contributed by atoms with Gasteiger partial charge < -0.3 is 14.2 Å². The summed E-state index contributed by atoms with van der Waals surface area (Å²) in [7, 11) is -2.39. The fourth-order valence-electron chi connectivity index (χ4n) is 3.13. The standard InChI is InChI=1S/C24H21N3O7S/c1-32-20-5-3-2-4-19(20)27-35(30,31)18-10-6-16(7-11-18)8-13-23(28)25-26-24(29)17-9-12-21-22(14-17)34-15-33-21/h2-14,27H,15H2,1H3,(H,25,28)(H,26,29). The van der Waals surface area contributed by atoms with Crippen molar-refractivity contribution in [3.05, 3.63) is 83.9 Å². The number of hydrogen-bond acceptors (Lipinski definition) is 7. The number of hydrazine groups is 1. The third kappa shape index (κ3) is 5.71. The number of sulfonamides is 1. The van der Waals surface area contributed by atoms with Crippen LogP contribution in [0, 0.1) is 0 Å². The minimum atomic E-state index is -3.84. The SMILES string of the molecule is COc1ccccc1NS(=O)(=O)c1ccc(C=CC(=O)NNC(=O)c2ccc3c(c2)OCO3)cc1. The lowest BCUT2D eigenvalue weighted by Gasteiger charge is -2.11. The zero-order chi connectivity index (χ0) is 24.8. The van der Waals surface area contributed by atoms with Crippen molar-refractivity contribution in [3.8, 4) is 17.2 Å². The average molecular weight is 496 g/mol. The Bertz CT molecular complexity index is 1390. The van der Waals surface area contributed by atoms with Crippen LogP contribution in [-0.2, 0) is 14.8 Å². The van der Waals surface area contributed by atoms with Crippen molar-refractivity contribution in [2.45, 2.75) is 4.90 Å². The van der Waals surface area contributed by atoms with E-state index in [1.807, 2.05) is 0 Å². The van der Waals surface area contributed by atoms with Gasteiger partial charge in [-0.25, -0.2) is 8.42 Å². The van der Waals surface area contributed by atoms with Crippen LogP contribution >= 0.6 is 0 Å². The summed E-state index contributed by atoms with van der Waals surface area (Å²) < 4.78 is 43.4. The molecule has 0 unspecified atom stereocenters. The molecule has 10 nitrogen and oxygen atoms in total. The maximum atomic E-state index is 12.7. The Kier molecular flexibility index (Phi) is 6.88. The Morgan fingerprint density at radius 2 is 1.69 bits per heavy atom. The summed E-state index contributed by atoms with van der Waals surface area (Å²) in [6.45, 7) is 0.0904. The van der Waals surface area contributed by atoms with Crippen molar-refractivity contribution >= 4 is 33.6 Å². The predicted octanol–water partition coefficient (Wildman–Crippen LogP) is 2.70. The molecule has 0 aliphatic carbocycles. The van der Waals surface area contributed by atoms with Crippen molar-refractivity contribution in [1.29, 1.82) is 0 Å². The molecule has 3 aromatic carbocycles. The van der Waals surface area contributed by atoms with E-state index in [9.17, 15) is 18.0 Å². The van der Waals surface area contributed by atoms with Crippen LogP contribution in [0.4, 0.5) is 5.69 Å². The number of anilines is 1. The number of carbonyl (C=O) groups is 2. The first kappa shape index (κ1) is 23.6. The van der Waals surface area contributed by atoms with Crippen LogP contribution in [0.25, 0.3) is 6.08 Å². The molecule has 35 heavy (non-hydrogen) atoms. The number of methoxy groups -OCH3 is 1. The van der Waals surface area contributed by atoms with Gasteiger partial charge in [-0.15, -0.1) is 0 Å². The Hall–Kier alpha value is -4.51. The van der Waals surface area contributed by atoms with Gasteiger partial charge >= 0.3 is 0 Å². The monoisotopic (exact) mass is 495 g/mol. The summed E-state index contributed by atoms with van der Waals surface area (Å²) in [5.41, 5.74) is 5.77. The van der Waals surface area contributed by atoms with Crippen LogP contribution in [0.5, 0.6) is 17.2 Å². The highest BCUT2D eigenvalue weighted by Crippen LogP contribution is 2.32. The number of benzene rings is 3. The maximum Gasteiger partial charge on any atom is 0.269 e. The van der Waals surface area contributed by atoms with E-state index in [1.165, 1.54) is 37.5 Å². The van der Waals surface area contributed by atoms with Gasteiger partial charge in [0.25, 0.3) is 21.8 Å². The van der Waals surface area contributed by atoms with Crippen molar-refractivity contribution < 1.29 is 32.2 Å². The second-order valence-corrected chi connectivity index (χ2v) is 8.90. The fourth-order valence-corrected chi connectivity index (χ4v) is 4.20. The summed E-state index contributed by atoms with van der Waals surface area (Å²) >= 11 is 0. The van der Waals surface area contributed by atoms with Crippen LogP contribution < -0.4 is 29.8 Å². The maximum absolute atomic E-state index is 12.7. The van der Waals surface area contributed by atoms with Crippen LogP contribution in [0.3, 0.4) is 0 Å². The molecule has 180 valence electrons. The molecule has 4 rings (SSSR count). The van der Waals surface area contributed by atoms with Crippen LogP contribution in [-0.4, -0.2) is 34.1 Å². The first-order valence-electron chi connectivity index (χ1n) is 10.3. The molecule has 0 saturated heterocycles. The van der Waals surface area contributed by atoms with Crippen LogP contribution in [0.15, 0.2) is 77.7 Å². The lowest BCUT2D eigenvalue weighted by Crippen LogP contribution is -2.40. The predicted molar refractivity (Wildman–Crippen MR) is 127 cm³/mol. The van der Waals surface area contributed by atoms with Gasteiger partial charge in [-0.05, 0) is 54.1 Å². The normalized spacial score (nSPS) is 12.3. The van der Waals surface area contributed by atoms with Crippen molar-refractivity contribution in [1.82, 2.24) is 10.9 Å². The average Bonchev–Trinajstić information content (AvgIpc) is 3.34. The highest BCUT2D eigenvalue weighted by atomic mass is 32.2. The van der Waals surface area contributed by atoms with Gasteiger partial charge in [0.05, 0.1) is 17.7 Å². The largest absolute Gasteiger partial charge is 0.495 e. The number of fused-ring (bicyclic) bond motifs is 1. The minimum absolute atomic E-state index is 0.0426. The lowest BCUT2D eigenvalue weighted by molar-refractivity contribution is -0.117. The molecule has 0 fully saturated rings. The highest BCUT2D eigenvalue weighted by Gasteiger charge is 2.17. The first-order chi connectivity index (χ1) is 16.9. The van der Waals surface area contributed by atoms with E-state index in [2.05, 4.69) is 15.6 Å². The van der Waals surface area contributed by atoms with E-state index in [0.29, 0.717) is 28.5 Å². The van der Waals surface area contributed by atoms with Crippen molar-refractivity contribution in [2.75, 3.05) is 18.6 Å². The van der Waals surface area contributed by atoms with E-state index >= 15 is 0 Å². The quantitative estimate of drug-likeness (QED) is 0.339. The second-order valence-electron chi connectivity index (χ2n) is 7.22. The molecule has 11 heteroatoms. The molecule has 3 aromatic rings. The van der Waals surface area contributed by atoms with E-state index in [0.717, 1.165) is 0 Å². The molecule has 1 aliphatic rings. The summed E-state index contributed by atoms with van der Waals surface area (Å²) in [5.74, 6) is 0.290. The number of hydrogen-bond donors (Lipinski definition) is 3. The minimum Gasteiger partial charge on any atom is -0.495 e. The Labute approximate surface area is 201 Å². The molecule has 0 spiro atoms. The number of carbonyl (C=O) groups excluding carboxylic acids is 2. The third-order valence-corrected chi connectivity index (χ3v) is 6.28. The molecule has 0 radical (unpaired) electrons. The van der Waals surface area contributed by atoms with E-state index in [4.69, 9.17) is 14.2 Å². The second kappa shape index (κ2) is 10.2. The zero-order valence-corrected chi connectivity index (χ0v) is 19.3. The fraction of sp³-hybridized carbons (Fsp3) is 0.0833. The zero-order valence-electron chi connectivity index (χ0n) is 18.5. The van der Waals surface area contributed by atoms with Gasteiger partial charge in [-0.1, -0.05) is 24.3 Å². The summed E-state index contributed by atoms with van der Waals surface area (Å²) in [4.78, 5) is 24.3. The number of para-hydroxylation sites is 2. The van der Waals surface area contributed by atoms with Gasteiger partial charge in [0, 0.05) is 11.6 Å². The number of rotatable bonds is 7. The Morgan fingerprint density at radius 3 is 2.46 bits per heavy atom. The van der Waals surface area contributed by atoms with E-state index < -0.39 is 21.8 Å². The number of nitrogens with one attached hydrogen (secondary N) is 3. The number of ether oxygens (including phenoxy) is 3. The van der Waals surface area contributed by atoms with E-state index in [1.54, 1.807) is 48.5 Å². The molecule has 1 heterocycles. The summed E-state index contributed by atoms with van der Waals surface area (Å²) in [6, 6.07) is 17.3. The van der Waals surface area contributed by atoms with Gasteiger partial charge in [0.2, 0.25) is 6.79 Å². The molecule has 1 aliphatic heterocycles. The molecule has 3 N–H and O–H groups in total. The Balaban J connectivity index is 1.33. The summed E-state index contributed by atoms with van der Waals surface area (Å²) in [5, 5.41) is 0. The van der Waals surface area contributed by atoms with Gasteiger partial charge in [0.15, 0.2) is 11.5 Å². The van der Waals surface area contributed by atoms with Crippen LogP contribution in [0.1, 0.15) is 15.9 Å². The molecule has 0 atom stereocenters. The lowest BCUT2D eigenvalue weighted by atomic mass is 10.2. The third-order valence-electron chi connectivity index (χ3n) is 4.90. The van der Waals surface area contributed by atoms with Crippen LogP contribution in [0.2, 0.25) is 0 Å². The molecular weight excluding hydrogens is 474 g/mol.